The molecule has 0 aliphatic heterocycles. The molecule has 0 unspecified atom stereocenters. The predicted molar refractivity (Wildman–Crippen MR) is 169 cm³/mol. The molecule has 5 aromatic rings. The van der Waals surface area contributed by atoms with E-state index in [1.165, 1.54) is 6.92 Å². The van der Waals surface area contributed by atoms with Crippen molar-refractivity contribution in [2.75, 3.05) is 5.32 Å². The molecule has 2 N–H and O–H groups in total. The van der Waals surface area contributed by atoms with Gasteiger partial charge in [0.25, 0.3) is 5.91 Å². The number of halogens is 1. The van der Waals surface area contributed by atoms with E-state index in [0.717, 1.165) is 21.2 Å². The number of hydrogen-bond donors (Lipinski definition) is 2. The molecule has 0 fully saturated rings. The number of carbonyl (C=O) groups excluding carboxylic acids is 3. The summed E-state index contributed by atoms with van der Waals surface area (Å²) in [6.07, 6.45) is 1.58. The van der Waals surface area contributed by atoms with Crippen LogP contribution in [0.3, 0.4) is 0 Å². The molecule has 0 aliphatic rings. The van der Waals surface area contributed by atoms with Crippen molar-refractivity contribution in [3.05, 3.63) is 135 Å². The van der Waals surface area contributed by atoms with Crippen LogP contribution in [0.4, 0.5) is 5.69 Å². The van der Waals surface area contributed by atoms with Gasteiger partial charge >= 0.3 is 0 Å². The molecule has 1 aromatic heterocycles. The van der Waals surface area contributed by atoms with Crippen molar-refractivity contribution in [3.63, 3.8) is 0 Å². The van der Waals surface area contributed by atoms with Crippen LogP contribution in [0.2, 0.25) is 0 Å². The molecule has 0 aliphatic carbocycles. The second-order valence-electron chi connectivity index (χ2n) is 10.0. The van der Waals surface area contributed by atoms with Gasteiger partial charge in [-0.25, -0.2) is 0 Å². The van der Waals surface area contributed by atoms with Crippen LogP contribution in [0.1, 0.15) is 40.1 Å². The lowest BCUT2D eigenvalue weighted by Crippen LogP contribution is -2.41. The van der Waals surface area contributed by atoms with Crippen molar-refractivity contribution >= 4 is 50.1 Å². The van der Waals surface area contributed by atoms with Crippen LogP contribution in [-0.4, -0.2) is 28.2 Å². The highest BCUT2D eigenvalue weighted by Crippen LogP contribution is 2.22. The number of nitrogens with one attached hydrogen (secondary N) is 2. The predicted octanol–water partition coefficient (Wildman–Crippen LogP) is 6.44. The van der Waals surface area contributed by atoms with Crippen LogP contribution in [0.5, 0.6) is 0 Å². The molecule has 2 amide bonds. The van der Waals surface area contributed by atoms with Gasteiger partial charge in [-0.3, -0.25) is 19.2 Å². The van der Waals surface area contributed by atoms with Crippen molar-refractivity contribution in [2.24, 2.45) is 0 Å². The third kappa shape index (κ3) is 6.39. The first-order valence-corrected chi connectivity index (χ1v) is 14.2. The third-order valence-corrected chi connectivity index (χ3v) is 7.46. The van der Waals surface area contributed by atoms with Crippen molar-refractivity contribution in [2.45, 2.75) is 26.4 Å². The Morgan fingerprint density at radius 2 is 1.57 bits per heavy atom. The Morgan fingerprint density at radius 1 is 0.857 bits per heavy atom. The van der Waals surface area contributed by atoms with E-state index in [2.05, 4.69) is 26.6 Å². The Bertz CT molecular complexity index is 1860. The molecule has 0 saturated heterocycles. The van der Waals surface area contributed by atoms with Gasteiger partial charge in [-0.15, -0.1) is 0 Å². The van der Waals surface area contributed by atoms with E-state index in [4.69, 9.17) is 0 Å². The minimum absolute atomic E-state index is 0.0693. The van der Waals surface area contributed by atoms with Crippen LogP contribution in [-0.2, 0) is 11.3 Å². The molecule has 0 bridgehead atoms. The molecular weight excluding hydrogens is 594 g/mol. The number of hydrogen-bond acceptors (Lipinski definition) is 4. The van der Waals surface area contributed by atoms with Gasteiger partial charge in [0.05, 0.1) is 11.1 Å². The molecular formula is C34H28BrN3O4. The van der Waals surface area contributed by atoms with Crippen molar-refractivity contribution < 1.29 is 14.4 Å². The third-order valence-electron chi connectivity index (χ3n) is 6.96. The lowest BCUT2D eigenvalue weighted by atomic mass is 10.0. The Labute approximate surface area is 251 Å². The lowest BCUT2D eigenvalue weighted by Gasteiger charge is -2.16. The van der Waals surface area contributed by atoms with Crippen molar-refractivity contribution in [3.8, 4) is 11.1 Å². The number of pyridine rings is 1. The molecule has 8 heteroatoms. The molecule has 1 heterocycles. The van der Waals surface area contributed by atoms with Crippen molar-refractivity contribution in [1.82, 2.24) is 9.88 Å². The molecule has 210 valence electrons. The number of benzene rings is 4. The van der Waals surface area contributed by atoms with Crippen LogP contribution in [0.15, 0.2) is 113 Å². The fourth-order valence-electron chi connectivity index (χ4n) is 4.73. The normalized spacial score (nSPS) is 11.6. The zero-order valence-corrected chi connectivity index (χ0v) is 24.6. The Kier molecular flexibility index (Phi) is 8.45. The van der Waals surface area contributed by atoms with E-state index in [0.29, 0.717) is 28.7 Å². The minimum atomic E-state index is -0.848. The molecule has 5 rings (SSSR count). The molecule has 0 saturated carbocycles. The van der Waals surface area contributed by atoms with Gasteiger partial charge in [-0.2, -0.15) is 0 Å². The van der Waals surface area contributed by atoms with E-state index in [9.17, 15) is 19.2 Å². The van der Waals surface area contributed by atoms with E-state index in [1.54, 1.807) is 43.5 Å². The summed E-state index contributed by atoms with van der Waals surface area (Å²) >= 11 is 3.48. The quantitative estimate of drug-likeness (QED) is 0.195. The molecule has 0 spiro atoms. The zero-order valence-electron chi connectivity index (χ0n) is 23.1. The number of anilines is 1. The maximum Gasteiger partial charge on any atom is 0.251 e. The zero-order chi connectivity index (χ0) is 29.8. The minimum Gasteiger partial charge on any atom is -0.342 e. The van der Waals surface area contributed by atoms with Gasteiger partial charge in [0.1, 0.15) is 6.04 Å². The number of ketones is 1. The number of amides is 2. The van der Waals surface area contributed by atoms with E-state index >= 15 is 0 Å². The smallest absolute Gasteiger partial charge is 0.251 e. The fourth-order valence-corrected chi connectivity index (χ4v) is 5.18. The SMILES string of the molecule is CC(=O)c1cn(Cc2cccc(Br)c2)c2ccc(NC(=O)[C@H](C)NC(=O)c3ccc(-c4ccccc4)cc3)cc2c1=O. The van der Waals surface area contributed by atoms with Crippen LogP contribution < -0.4 is 16.1 Å². The number of rotatable bonds is 8. The Hall–Kier alpha value is -4.82. The topological polar surface area (TPSA) is 97.3 Å². The summed E-state index contributed by atoms with van der Waals surface area (Å²) in [5.74, 6) is -1.16. The molecule has 1 atom stereocenters. The van der Waals surface area contributed by atoms with Crippen molar-refractivity contribution in [1.29, 1.82) is 0 Å². The van der Waals surface area contributed by atoms with Gasteiger partial charge in [0.2, 0.25) is 5.91 Å². The van der Waals surface area contributed by atoms with Crippen LogP contribution >= 0.6 is 15.9 Å². The number of aromatic nitrogens is 1. The average Bonchev–Trinajstić information content (AvgIpc) is 2.99. The number of carbonyl (C=O) groups is 3. The molecule has 42 heavy (non-hydrogen) atoms. The second kappa shape index (κ2) is 12.4. The average molecular weight is 623 g/mol. The standard InChI is InChI=1S/C34H28BrN3O4/c1-21(36-34(42)26-13-11-25(12-14-26)24-8-4-3-5-9-24)33(41)37-28-15-16-31-29(18-28)32(40)30(22(2)39)20-38(31)19-23-7-6-10-27(35)17-23/h3-18,20-21H,19H2,1-2H3,(H,36,42)(H,37,41)/t21-/m0/s1. The maximum absolute atomic E-state index is 13.2. The largest absolute Gasteiger partial charge is 0.342 e. The highest BCUT2D eigenvalue weighted by molar-refractivity contribution is 9.10. The Balaban J connectivity index is 1.33. The van der Waals surface area contributed by atoms with Gasteiger partial charge in [-0.1, -0.05) is 70.5 Å². The first-order chi connectivity index (χ1) is 20.2. The van der Waals surface area contributed by atoms with Gasteiger partial charge in [0.15, 0.2) is 11.2 Å². The highest BCUT2D eigenvalue weighted by atomic mass is 79.9. The van der Waals surface area contributed by atoms with Gasteiger partial charge < -0.3 is 15.2 Å². The summed E-state index contributed by atoms with van der Waals surface area (Å²) in [6.45, 7) is 3.39. The second-order valence-corrected chi connectivity index (χ2v) is 11.0. The lowest BCUT2D eigenvalue weighted by molar-refractivity contribution is -0.117. The number of nitrogens with zero attached hydrogens (tertiary/aromatic N) is 1. The van der Waals surface area contributed by atoms with E-state index in [-0.39, 0.29) is 17.3 Å². The highest BCUT2D eigenvalue weighted by Gasteiger charge is 2.19. The summed E-state index contributed by atoms with van der Waals surface area (Å²) in [4.78, 5) is 51.3. The summed E-state index contributed by atoms with van der Waals surface area (Å²) < 4.78 is 2.78. The number of Topliss-reactive ketones (excluding diaryl/α,β-unsaturated/α-hetero) is 1. The maximum atomic E-state index is 13.2. The summed E-state index contributed by atoms with van der Waals surface area (Å²) in [5, 5.41) is 5.82. The monoisotopic (exact) mass is 621 g/mol. The summed E-state index contributed by atoms with van der Waals surface area (Å²) in [7, 11) is 0. The Morgan fingerprint density at radius 3 is 2.26 bits per heavy atom. The van der Waals surface area contributed by atoms with Crippen LogP contribution in [0, 0.1) is 0 Å². The molecule has 7 nitrogen and oxygen atoms in total. The number of fused-ring (bicyclic) bond motifs is 1. The fraction of sp³-hybridized carbons (Fsp3) is 0.118. The molecule has 0 radical (unpaired) electrons. The summed E-state index contributed by atoms with van der Waals surface area (Å²) in [6, 6.07) is 28.9. The van der Waals surface area contributed by atoms with Crippen LogP contribution in [0.25, 0.3) is 22.0 Å². The first-order valence-electron chi connectivity index (χ1n) is 13.4. The molecule has 4 aromatic carbocycles. The van der Waals surface area contributed by atoms with E-state index < -0.39 is 17.4 Å². The van der Waals surface area contributed by atoms with Gasteiger partial charge in [-0.05, 0) is 73.0 Å². The summed E-state index contributed by atoms with van der Waals surface area (Å²) in [5.41, 5.74) is 4.12. The van der Waals surface area contributed by atoms with Gasteiger partial charge in [0, 0.05) is 33.9 Å². The first kappa shape index (κ1) is 28.7. The van der Waals surface area contributed by atoms with E-state index in [1.807, 2.05) is 71.3 Å².